The van der Waals surface area contributed by atoms with E-state index in [1.165, 1.54) is 5.56 Å². The Hall–Kier alpha value is -0.390. The third-order valence-corrected chi connectivity index (χ3v) is 4.24. The van der Waals surface area contributed by atoms with Gasteiger partial charge in [0.15, 0.2) is 0 Å². The molecule has 0 radical (unpaired) electrons. The van der Waals surface area contributed by atoms with Crippen molar-refractivity contribution in [3.63, 3.8) is 0 Å². The molecule has 0 aliphatic rings. The number of nitrogens with one attached hydrogen (secondary N) is 2. The summed E-state index contributed by atoms with van der Waals surface area (Å²) in [6.07, 6.45) is 0.495. The number of hydrogen-bond acceptors (Lipinski definition) is 2. The van der Waals surface area contributed by atoms with E-state index in [9.17, 15) is 4.79 Å². The van der Waals surface area contributed by atoms with Gasteiger partial charge >= 0.3 is 0 Å². The number of benzene rings is 1. The van der Waals surface area contributed by atoms with Gasteiger partial charge in [-0.1, -0.05) is 6.07 Å². The van der Waals surface area contributed by atoms with Crippen molar-refractivity contribution in [1.82, 2.24) is 10.6 Å². The van der Waals surface area contributed by atoms with Crippen LogP contribution in [-0.2, 0) is 11.3 Å². The summed E-state index contributed by atoms with van der Waals surface area (Å²) in [7, 11) is 0. The highest BCUT2D eigenvalue weighted by Crippen LogP contribution is 2.23. The summed E-state index contributed by atoms with van der Waals surface area (Å²) in [4.78, 5) is 11.6. The number of carbonyl (C=O) groups is 1. The second kappa shape index (κ2) is 7.41. The number of carbonyl (C=O) groups excluding carboxylic acids is 1. The van der Waals surface area contributed by atoms with E-state index in [1.807, 2.05) is 26.8 Å². The van der Waals surface area contributed by atoms with Crippen molar-refractivity contribution in [2.45, 2.75) is 39.3 Å². The Morgan fingerprint density at radius 3 is 2.47 bits per heavy atom. The van der Waals surface area contributed by atoms with Crippen LogP contribution in [0.2, 0.25) is 0 Å². The lowest BCUT2D eigenvalue weighted by atomic mass is 10.1. The summed E-state index contributed by atoms with van der Waals surface area (Å²) in [5, 5.41) is 6.21. The summed E-state index contributed by atoms with van der Waals surface area (Å²) in [5.41, 5.74) is 1.03. The first-order valence-corrected chi connectivity index (χ1v) is 7.82. The predicted molar refractivity (Wildman–Crippen MR) is 86.1 cm³/mol. The molecule has 19 heavy (non-hydrogen) atoms. The fraction of sp³-hybridized carbons (Fsp3) is 0.500. The second-order valence-electron chi connectivity index (χ2n) is 5.47. The minimum absolute atomic E-state index is 0.0805. The molecular formula is C14H20Br2N2O. The van der Waals surface area contributed by atoms with Crippen molar-refractivity contribution >= 4 is 37.8 Å². The molecule has 0 spiro atoms. The van der Waals surface area contributed by atoms with Gasteiger partial charge in [-0.2, -0.15) is 0 Å². The smallest absolute Gasteiger partial charge is 0.221 e. The minimum atomic E-state index is -0.159. The van der Waals surface area contributed by atoms with E-state index >= 15 is 0 Å². The topological polar surface area (TPSA) is 41.1 Å². The van der Waals surface area contributed by atoms with Crippen LogP contribution in [0.25, 0.3) is 0 Å². The predicted octanol–water partition coefficient (Wildman–Crippen LogP) is 3.61. The van der Waals surface area contributed by atoms with E-state index < -0.39 is 0 Å². The number of amides is 1. The van der Waals surface area contributed by atoms with E-state index in [4.69, 9.17) is 0 Å². The highest BCUT2D eigenvalue weighted by molar-refractivity contribution is 9.13. The lowest BCUT2D eigenvalue weighted by Crippen LogP contribution is -2.41. The molecule has 0 saturated heterocycles. The lowest BCUT2D eigenvalue weighted by Gasteiger charge is -2.20. The Labute approximate surface area is 131 Å². The third-order valence-electron chi connectivity index (χ3n) is 2.36. The van der Waals surface area contributed by atoms with Gasteiger partial charge in [0.1, 0.15) is 0 Å². The second-order valence-corrected chi connectivity index (χ2v) is 7.18. The fourth-order valence-electron chi connectivity index (χ4n) is 1.56. The van der Waals surface area contributed by atoms with Gasteiger partial charge in [-0.3, -0.25) is 4.79 Å². The molecule has 0 bridgehead atoms. The Kier molecular flexibility index (Phi) is 6.50. The molecule has 0 fully saturated rings. The SMILES string of the molecule is CC(C)(C)NC(=O)CCNCc1ccc(Br)c(Br)c1. The highest BCUT2D eigenvalue weighted by Gasteiger charge is 2.12. The molecule has 1 rings (SSSR count). The van der Waals surface area contributed by atoms with Gasteiger partial charge in [0, 0.05) is 34.0 Å². The molecule has 1 aromatic rings. The molecule has 1 amide bonds. The molecule has 0 unspecified atom stereocenters. The molecule has 0 heterocycles. The summed E-state index contributed by atoms with van der Waals surface area (Å²) >= 11 is 6.91. The third kappa shape index (κ3) is 7.09. The van der Waals surface area contributed by atoms with Crippen molar-refractivity contribution in [3.05, 3.63) is 32.7 Å². The largest absolute Gasteiger partial charge is 0.351 e. The summed E-state index contributed by atoms with van der Waals surface area (Å²) in [6, 6.07) is 6.12. The zero-order valence-corrected chi connectivity index (χ0v) is 14.7. The van der Waals surface area contributed by atoms with Gasteiger partial charge in [0.05, 0.1) is 0 Å². The van der Waals surface area contributed by atoms with Crippen LogP contribution in [0.3, 0.4) is 0 Å². The Morgan fingerprint density at radius 1 is 1.21 bits per heavy atom. The summed E-state index contributed by atoms with van der Waals surface area (Å²) in [5.74, 6) is 0.0805. The fourth-order valence-corrected chi connectivity index (χ4v) is 2.24. The van der Waals surface area contributed by atoms with Crippen molar-refractivity contribution < 1.29 is 4.79 Å². The molecule has 0 aliphatic carbocycles. The summed E-state index contributed by atoms with van der Waals surface area (Å²) < 4.78 is 2.08. The van der Waals surface area contributed by atoms with Gasteiger partial charge < -0.3 is 10.6 Å². The molecular weight excluding hydrogens is 372 g/mol. The molecule has 5 heteroatoms. The van der Waals surface area contributed by atoms with Crippen molar-refractivity contribution in [2.24, 2.45) is 0 Å². The van der Waals surface area contributed by atoms with Crippen LogP contribution >= 0.6 is 31.9 Å². The van der Waals surface area contributed by atoms with Crippen LogP contribution in [0.15, 0.2) is 27.1 Å². The van der Waals surface area contributed by atoms with E-state index in [1.54, 1.807) is 0 Å². The van der Waals surface area contributed by atoms with Gasteiger partial charge in [0.25, 0.3) is 0 Å². The van der Waals surface area contributed by atoms with E-state index in [0.29, 0.717) is 13.0 Å². The van der Waals surface area contributed by atoms with E-state index in [2.05, 4.69) is 54.6 Å². The first kappa shape index (κ1) is 16.7. The maximum atomic E-state index is 11.6. The van der Waals surface area contributed by atoms with Crippen molar-refractivity contribution in [1.29, 1.82) is 0 Å². The molecule has 106 valence electrons. The quantitative estimate of drug-likeness (QED) is 0.752. The van der Waals surface area contributed by atoms with E-state index in [0.717, 1.165) is 15.5 Å². The monoisotopic (exact) mass is 390 g/mol. The Morgan fingerprint density at radius 2 is 1.89 bits per heavy atom. The van der Waals surface area contributed by atoms with E-state index in [-0.39, 0.29) is 11.4 Å². The maximum Gasteiger partial charge on any atom is 0.221 e. The molecule has 1 aromatic carbocycles. The Balaban J connectivity index is 2.27. The number of rotatable bonds is 5. The van der Waals surface area contributed by atoms with Crippen molar-refractivity contribution in [2.75, 3.05) is 6.54 Å². The standard InChI is InChI=1S/C14H20Br2N2O/c1-14(2,3)18-13(19)6-7-17-9-10-4-5-11(15)12(16)8-10/h4-5,8,17H,6-7,9H2,1-3H3,(H,18,19). The van der Waals surface area contributed by atoms with Crippen LogP contribution < -0.4 is 10.6 Å². The average molecular weight is 392 g/mol. The Bertz CT molecular complexity index is 442. The number of halogens is 2. The van der Waals surface area contributed by atoms with Crippen LogP contribution in [-0.4, -0.2) is 18.0 Å². The first-order valence-electron chi connectivity index (χ1n) is 6.23. The first-order chi connectivity index (χ1) is 8.78. The van der Waals surface area contributed by atoms with Gasteiger partial charge in [-0.25, -0.2) is 0 Å². The number of hydrogen-bond donors (Lipinski definition) is 2. The highest BCUT2D eigenvalue weighted by atomic mass is 79.9. The van der Waals surface area contributed by atoms with Gasteiger partial charge in [-0.05, 0) is 70.3 Å². The van der Waals surface area contributed by atoms with Crippen molar-refractivity contribution in [3.8, 4) is 0 Å². The summed E-state index contributed by atoms with van der Waals surface area (Å²) in [6.45, 7) is 7.39. The van der Waals surface area contributed by atoms with Crippen LogP contribution in [0, 0.1) is 0 Å². The van der Waals surface area contributed by atoms with Crippen LogP contribution in [0.5, 0.6) is 0 Å². The normalized spacial score (nSPS) is 11.4. The molecule has 0 atom stereocenters. The van der Waals surface area contributed by atoms with Crippen LogP contribution in [0.1, 0.15) is 32.8 Å². The minimum Gasteiger partial charge on any atom is -0.351 e. The van der Waals surface area contributed by atoms with Gasteiger partial charge in [0.2, 0.25) is 5.91 Å². The van der Waals surface area contributed by atoms with Gasteiger partial charge in [-0.15, -0.1) is 0 Å². The molecule has 3 nitrogen and oxygen atoms in total. The average Bonchev–Trinajstić information content (AvgIpc) is 2.27. The maximum absolute atomic E-state index is 11.6. The molecule has 0 aliphatic heterocycles. The van der Waals surface area contributed by atoms with Crippen LogP contribution in [0.4, 0.5) is 0 Å². The zero-order valence-electron chi connectivity index (χ0n) is 11.5. The zero-order chi connectivity index (χ0) is 14.5. The molecule has 2 N–H and O–H groups in total. The molecule has 0 aromatic heterocycles. The lowest BCUT2D eigenvalue weighted by molar-refractivity contribution is -0.122. The molecule has 0 saturated carbocycles.